The predicted octanol–water partition coefficient (Wildman–Crippen LogP) is 3.87. The third kappa shape index (κ3) is 4.26. The molecule has 6 N–H and O–H groups in total. The Kier molecular flexibility index (Phi) is 5.68. The molecule has 5 rings (SSSR count). The maximum Gasteiger partial charge on any atom is 0.221 e. The van der Waals surface area contributed by atoms with E-state index in [1.807, 2.05) is 19.3 Å². The Hall–Kier alpha value is -3.53. The summed E-state index contributed by atoms with van der Waals surface area (Å²) in [6.45, 7) is 2.76. The van der Waals surface area contributed by atoms with Crippen molar-refractivity contribution in [1.29, 1.82) is 0 Å². The second-order valence-corrected chi connectivity index (χ2v) is 8.63. The molecule has 8 nitrogen and oxygen atoms in total. The van der Waals surface area contributed by atoms with E-state index in [2.05, 4.69) is 66.4 Å². The first kappa shape index (κ1) is 20.4. The fourth-order valence-electron chi connectivity index (χ4n) is 3.70. The molecular formula is C23H24N8S. The SMILES string of the molecule is CNCCNCc1ccc2sc(-c3cc(Nc4ccnc(N)n4)cc4cn[nH]c34)cc2c1. The normalized spacial score (nSPS) is 11.4. The Balaban J connectivity index is 1.48. The van der Waals surface area contributed by atoms with Crippen LogP contribution >= 0.6 is 11.3 Å². The number of anilines is 3. The molecule has 0 aliphatic rings. The number of H-pyrrole nitrogens is 1. The van der Waals surface area contributed by atoms with Crippen LogP contribution in [0.2, 0.25) is 0 Å². The smallest absolute Gasteiger partial charge is 0.221 e. The van der Waals surface area contributed by atoms with Crippen molar-refractivity contribution in [3.63, 3.8) is 0 Å². The van der Waals surface area contributed by atoms with Crippen LogP contribution in [0.1, 0.15) is 5.56 Å². The Bertz CT molecular complexity index is 1370. The van der Waals surface area contributed by atoms with Gasteiger partial charge in [-0.1, -0.05) is 6.07 Å². The van der Waals surface area contributed by atoms with E-state index in [0.717, 1.165) is 41.8 Å². The molecule has 5 aromatic rings. The molecule has 3 heterocycles. The van der Waals surface area contributed by atoms with E-state index in [-0.39, 0.29) is 5.95 Å². The quantitative estimate of drug-likeness (QED) is 0.231. The predicted molar refractivity (Wildman–Crippen MR) is 132 cm³/mol. The van der Waals surface area contributed by atoms with Crippen LogP contribution in [0, 0.1) is 0 Å². The van der Waals surface area contributed by atoms with Gasteiger partial charge in [0, 0.05) is 52.0 Å². The van der Waals surface area contributed by atoms with Gasteiger partial charge in [-0.15, -0.1) is 11.3 Å². The van der Waals surface area contributed by atoms with E-state index >= 15 is 0 Å². The first-order valence-electron chi connectivity index (χ1n) is 10.4. The van der Waals surface area contributed by atoms with E-state index in [1.165, 1.54) is 20.5 Å². The van der Waals surface area contributed by atoms with E-state index < -0.39 is 0 Å². The minimum absolute atomic E-state index is 0.236. The summed E-state index contributed by atoms with van der Waals surface area (Å²) in [7, 11) is 1.96. The molecule has 0 radical (unpaired) electrons. The number of nitrogens with zero attached hydrogens (tertiary/aromatic N) is 3. The topological polar surface area (TPSA) is 117 Å². The Labute approximate surface area is 189 Å². The van der Waals surface area contributed by atoms with E-state index in [1.54, 1.807) is 23.6 Å². The second kappa shape index (κ2) is 8.91. The largest absolute Gasteiger partial charge is 0.368 e. The van der Waals surface area contributed by atoms with E-state index in [9.17, 15) is 0 Å². The number of rotatable bonds is 8. The Morgan fingerprint density at radius 3 is 2.88 bits per heavy atom. The molecule has 0 amide bonds. The third-order valence-electron chi connectivity index (χ3n) is 5.22. The fraction of sp³-hybridized carbons (Fsp3) is 0.174. The summed E-state index contributed by atoms with van der Waals surface area (Å²) in [4.78, 5) is 9.38. The molecule has 0 bridgehead atoms. The first-order chi connectivity index (χ1) is 15.7. The molecule has 0 unspecified atom stereocenters. The molecule has 0 fully saturated rings. The lowest BCUT2D eigenvalue weighted by Gasteiger charge is -2.08. The van der Waals surface area contributed by atoms with Crippen molar-refractivity contribution in [1.82, 2.24) is 30.8 Å². The molecule has 0 saturated carbocycles. The van der Waals surface area contributed by atoms with Crippen molar-refractivity contribution in [3.8, 4) is 10.4 Å². The van der Waals surface area contributed by atoms with Crippen LogP contribution in [0.15, 0.2) is 54.9 Å². The monoisotopic (exact) mass is 444 g/mol. The van der Waals surface area contributed by atoms with Gasteiger partial charge >= 0.3 is 0 Å². The molecule has 0 aliphatic heterocycles. The molecule has 32 heavy (non-hydrogen) atoms. The number of fused-ring (bicyclic) bond motifs is 2. The number of benzene rings is 2. The number of hydrogen-bond acceptors (Lipinski definition) is 8. The van der Waals surface area contributed by atoms with Crippen LogP contribution in [0.3, 0.4) is 0 Å². The zero-order chi connectivity index (χ0) is 21.9. The van der Waals surface area contributed by atoms with Gasteiger partial charge in [0.1, 0.15) is 5.82 Å². The number of hydrogen-bond donors (Lipinski definition) is 5. The summed E-state index contributed by atoms with van der Waals surface area (Å²) in [5.41, 5.74) is 10.0. The van der Waals surface area contributed by atoms with Gasteiger partial charge in [0.25, 0.3) is 0 Å². The minimum Gasteiger partial charge on any atom is -0.368 e. The van der Waals surface area contributed by atoms with Crippen molar-refractivity contribution < 1.29 is 0 Å². The fourth-order valence-corrected chi connectivity index (χ4v) is 4.76. The highest BCUT2D eigenvalue weighted by Gasteiger charge is 2.12. The number of nitrogens with two attached hydrogens (primary N) is 1. The number of nitrogens with one attached hydrogen (secondary N) is 4. The van der Waals surface area contributed by atoms with Gasteiger partial charge in [0.05, 0.1) is 11.7 Å². The highest BCUT2D eigenvalue weighted by molar-refractivity contribution is 7.22. The molecular weight excluding hydrogens is 420 g/mol. The van der Waals surface area contributed by atoms with Crippen molar-refractivity contribution in [2.24, 2.45) is 0 Å². The molecule has 9 heteroatoms. The summed E-state index contributed by atoms with van der Waals surface area (Å²) in [6.07, 6.45) is 3.47. The zero-order valence-corrected chi connectivity index (χ0v) is 18.5. The van der Waals surface area contributed by atoms with Crippen molar-refractivity contribution in [2.45, 2.75) is 6.54 Å². The lowest BCUT2D eigenvalue weighted by Crippen LogP contribution is -2.24. The van der Waals surface area contributed by atoms with E-state index in [4.69, 9.17) is 5.73 Å². The summed E-state index contributed by atoms with van der Waals surface area (Å²) < 4.78 is 1.26. The van der Waals surface area contributed by atoms with Crippen LogP contribution in [0.25, 0.3) is 31.4 Å². The summed E-state index contributed by atoms with van der Waals surface area (Å²) >= 11 is 1.78. The molecule has 3 aromatic heterocycles. The summed E-state index contributed by atoms with van der Waals surface area (Å²) in [6, 6.07) is 14.9. The zero-order valence-electron chi connectivity index (χ0n) is 17.6. The van der Waals surface area contributed by atoms with Crippen LogP contribution < -0.4 is 21.7 Å². The lowest BCUT2D eigenvalue weighted by molar-refractivity contribution is 0.651. The minimum atomic E-state index is 0.236. The highest BCUT2D eigenvalue weighted by atomic mass is 32.1. The number of likely N-dealkylation sites (N-methyl/N-ethyl adjacent to an activating group) is 1. The van der Waals surface area contributed by atoms with Gasteiger partial charge in [-0.25, -0.2) is 4.98 Å². The molecule has 0 saturated heterocycles. The van der Waals surface area contributed by atoms with Gasteiger partial charge in [-0.05, 0) is 54.4 Å². The number of aromatic amines is 1. The van der Waals surface area contributed by atoms with E-state index in [0.29, 0.717) is 5.82 Å². The standard InChI is InChI=1S/C23H24N8S/c1-25-6-7-26-12-14-2-3-19-15(8-14)10-20(32-19)18-11-17(9-16-13-28-31-22(16)18)29-21-4-5-27-23(24)30-21/h2-5,8-11,13,25-26H,6-7,12H2,1H3,(H,28,31)(H3,24,27,29,30). The molecule has 2 aromatic carbocycles. The lowest BCUT2D eigenvalue weighted by atomic mass is 10.1. The maximum atomic E-state index is 5.72. The molecule has 0 atom stereocenters. The third-order valence-corrected chi connectivity index (χ3v) is 6.37. The van der Waals surface area contributed by atoms with Crippen LogP contribution in [-0.4, -0.2) is 40.3 Å². The average molecular weight is 445 g/mol. The van der Waals surface area contributed by atoms with Gasteiger partial charge in [0.15, 0.2) is 0 Å². The van der Waals surface area contributed by atoms with Crippen molar-refractivity contribution >= 4 is 49.8 Å². The Morgan fingerprint density at radius 1 is 1.06 bits per heavy atom. The average Bonchev–Trinajstić information content (AvgIpc) is 3.43. The molecule has 0 spiro atoms. The van der Waals surface area contributed by atoms with Crippen LogP contribution in [0.5, 0.6) is 0 Å². The summed E-state index contributed by atoms with van der Waals surface area (Å²) in [5, 5.41) is 19.6. The number of nitrogen functional groups attached to an aromatic ring is 1. The van der Waals surface area contributed by atoms with Crippen LogP contribution in [-0.2, 0) is 6.54 Å². The van der Waals surface area contributed by atoms with Gasteiger partial charge < -0.3 is 21.7 Å². The van der Waals surface area contributed by atoms with Gasteiger partial charge in [-0.2, -0.15) is 10.1 Å². The molecule has 162 valence electrons. The number of thiophene rings is 1. The second-order valence-electron chi connectivity index (χ2n) is 7.55. The van der Waals surface area contributed by atoms with Gasteiger partial charge in [-0.3, -0.25) is 5.10 Å². The molecule has 0 aliphatic carbocycles. The highest BCUT2D eigenvalue weighted by Crippen LogP contribution is 2.39. The first-order valence-corrected chi connectivity index (χ1v) is 11.2. The van der Waals surface area contributed by atoms with Crippen molar-refractivity contribution in [3.05, 3.63) is 60.4 Å². The summed E-state index contributed by atoms with van der Waals surface area (Å²) in [5.74, 6) is 0.887. The van der Waals surface area contributed by atoms with Crippen LogP contribution in [0.4, 0.5) is 17.5 Å². The van der Waals surface area contributed by atoms with Gasteiger partial charge in [0.2, 0.25) is 5.95 Å². The van der Waals surface area contributed by atoms with Crippen molar-refractivity contribution in [2.75, 3.05) is 31.2 Å². The number of aromatic nitrogens is 4. The Morgan fingerprint density at radius 2 is 2.00 bits per heavy atom. The maximum absolute atomic E-state index is 5.72.